The molecule has 120 valence electrons. The standard InChI is InChI=1S/C16H23N3O3/c1-2-17-15(20)18-12-13-8-10-19(11-9-13)16(21)22-14-6-4-3-5-7-14/h3-7,13H,2,8-12H2,1H3,(H2,17,18,20). The van der Waals surface area contributed by atoms with Crippen LogP contribution in [0.25, 0.3) is 0 Å². The van der Waals surface area contributed by atoms with E-state index in [9.17, 15) is 9.59 Å². The van der Waals surface area contributed by atoms with Gasteiger partial charge in [0.15, 0.2) is 0 Å². The molecule has 1 aromatic carbocycles. The van der Waals surface area contributed by atoms with Crippen LogP contribution in [-0.4, -0.2) is 43.2 Å². The largest absolute Gasteiger partial charge is 0.415 e. The van der Waals surface area contributed by atoms with Crippen LogP contribution in [0.2, 0.25) is 0 Å². The van der Waals surface area contributed by atoms with Crippen molar-refractivity contribution in [2.45, 2.75) is 19.8 Å². The fourth-order valence-corrected chi connectivity index (χ4v) is 2.43. The average Bonchev–Trinajstić information content (AvgIpc) is 2.54. The molecule has 0 radical (unpaired) electrons. The summed E-state index contributed by atoms with van der Waals surface area (Å²) < 4.78 is 5.33. The molecule has 0 aromatic heterocycles. The van der Waals surface area contributed by atoms with Gasteiger partial charge < -0.3 is 20.3 Å². The van der Waals surface area contributed by atoms with Crippen LogP contribution in [0.4, 0.5) is 9.59 Å². The Kier molecular flexibility index (Phi) is 6.06. The Morgan fingerprint density at radius 1 is 1.18 bits per heavy atom. The van der Waals surface area contributed by atoms with Crippen LogP contribution >= 0.6 is 0 Å². The molecule has 3 amide bonds. The highest BCUT2D eigenvalue weighted by Gasteiger charge is 2.24. The van der Waals surface area contributed by atoms with Crippen molar-refractivity contribution in [2.75, 3.05) is 26.2 Å². The normalized spacial score (nSPS) is 15.2. The zero-order chi connectivity index (χ0) is 15.8. The van der Waals surface area contributed by atoms with Gasteiger partial charge in [-0.15, -0.1) is 0 Å². The number of amides is 3. The maximum atomic E-state index is 12.0. The van der Waals surface area contributed by atoms with Gasteiger partial charge >= 0.3 is 12.1 Å². The van der Waals surface area contributed by atoms with Crippen molar-refractivity contribution in [3.63, 3.8) is 0 Å². The van der Waals surface area contributed by atoms with Crippen molar-refractivity contribution in [3.05, 3.63) is 30.3 Å². The van der Waals surface area contributed by atoms with Crippen LogP contribution in [0, 0.1) is 5.92 Å². The van der Waals surface area contributed by atoms with Crippen molar-refractivity contribution in [3.8, 4) is 5.75 Å². The summed E-state index contributed by atoms with van der Waals surface area (Å²) in [7, 11) is 0. The van der Waals surface area contributed by atoms with Crippen molar-refractivity contribution in [1.82, 2.24) is 15.5 Å². The van der Waals surface area contributed by atoms with Crippen LogP contribution in [-0.2, 0) is 0 Å². The number of urea groups is 1. The summed E-state index contributed by atoms with van der Waals surface area (Å²) in [5.41, 5.74) is 0. The molecule has 1 aliphatic heterocycles. The molecule has 0 spiro atoms. The molecule has 0 bridgehead atoms. The Balaban J connectivity index is 1.70. The first-order valence-electron chi connectivity index (χ1n) is 7.72. The lowest BCUT2D eigenvalue weighted by Crippen LogP contribution is -2.44. The summed E-state index contributed by atoms with van der Waals surface area (Å²) in [5, 5.41) is 5.56. The van der Waals surface area contributed by atoms with Crippen molar-refractivity contribution < 1.29 is 14.3 Å². The van der Waals surface area contributed by atoms with Gasteiger partial charge in [0.05, 0.1) is 0 Å². The molecule has 1 saturated heterocycles. The minimum Gasteiger partial charge on any atom is -0.410 e. The van der Waals surface area contributed by atoms with E-state index in [0.29, 0.717) is 37.8 Å². The van der Waals surface area contributed by atoms with E-state index in [2.05, 4.69) is 10.6 Å². The number of hydrogen-bond acceptors (Lipinski definition) is 3. The van der Waals surface area contributed by atoms with Gasteiger partial charge in [-0.1, -0.05) is 18.2 Å². The zero-order valence-corrected chi connectivity index (χ0v) is 12.9. The van der Waals surface area contributed by atoms with E-state index < -0.39 is 0 Å². The van der Waals surface area contributed by atoms with E-state index >= 15 is 0 Å². The number of carbonyl (C=O) groups excluding carboxylic acids is 2. The van der Waals surface area contributed by atoms with Gasteiger partial charge in [-0.25, -0.2) is 9.59 Å². The lowest BCUT2D eigenvalue weighted by Gasteiger charge is -2.31. The number of ether oxygens (including phenoxy) is 1. The first-order chi connectivity index (χ1) is 10.7. The smallest absolute Gasteiger partial charge is 0.410 e. The molecule has 1 aliphatic rings. The molecule has 0 unspecified atom stereocenters. The second-order valence-corrected chi connectivity index (χ2v) is 5.35. The molecule has 2 rings (SSSR count). The lowest BCUT2D eigenvalue weighted by atomic mass is 9.97. The van der Waals surface area contributed by atoms with Crippen LogP contribution in [0.3, 0.4) is 0 Å². The molecule has 2 N–H and O–H groups in total. The van der Waals surface area contributed by atoms with Gasteiger partial charge in [0, 0.05) is 26.2 Å². The predicted molar refractivity (Wildman–Crippen MR) is 83.8 cm³/mol. The molecule has 6 nitrogen and oxygen atoms in total. The zero-order valence-electron chi connectivity index (χ0n) is 12.9. The van der Waals surface area contributed by atoms with Gasteiger partial charge in [0.1, 0.15) is 5.75 Å². The van der Waals surface area contributed by atoms with E-state index in [-0.39, 0.29) is 12.1 Å². The summed E-state index contributed by atoms with van der Waals surface area (Å²) in [5.74, 6) is 0.968. The van der Waals surface area contributed by atoms with Gasteiger partial charge in [-0.2, -0.15) is 0 Å². The van der Waals surface area contributed by atoms with E-state index in [0.717, 1.165) is 12.8 Å². The lowest BCUT2D eigenvalue weighted by molar-refractivity contribution is 0.130. The highest BCUT2D eigenvalue weighted by molar-refractivity contribution is 5.73. The van der Waals surface area contributed by atoms with Crippen molar-refractivity contribution in [1.29, 1.82) is 0 Å². The van der Waals surface area contributed by atoms with Gasteiger partial charge in [0.25, 0.3) is 0 Å². The number of carbonyl (C=O) groups is 2. The Morgan fingerprint density at radius 2 is 1.86 bits per heavy atom. The van der Waals surface area contributed by atoms with E-state index in [1.807, 2.05) is 25.1 Å². The second kappa shape index (κ2) is 8.26. The Morgan fingerprint density at radius 3 is 2.50 bits per heavy atom. The molecule has 1 aromatic rings. The average molecular weight is 305 g/mol. The summed E-state index contributed by atoms with van der Waals surface area (Å²) in [6.07, 6.45) is 1.44. The summed E-state index contributed by atoms with van der Waals surface area (Å²) >= 11 is 0. The van der Waals surface area contributed by atoms with Gasteiger partial charge in [-0.3, -0.25) is 0 Å². The molecule has 0 aliphatic carbocycles. The quantitative estimate of drug-likeness (QED) is 0.896. The molecule has 22 heavy (non-hydrogen) atoms. The molecular weight excluding hydrogens is 282 g/mol. The minimum atomic E-state index is -0.304. The topological polar surface area (TPSA) is 70.7 Å². The molecule has 6 heteroatoms. The maximum absolute atomic E-state index is 12.0. The second-order valence-electron chi connectivity index (χ2n) is 5.35. The number of piperidine rings is 1. The molecular formula is C16H23N3O3. The number of likely N-dealkylation sites (tertiary alicyclic amines) is 1. The SMILES string of the molecule is CCNC(=O)NCC1CCN(C(=O)Oc2ccccc2)CC1. The van der Waals surface area contributed by atoms with Crippen LogP contribution in [0.15, 0.2) is 30.3 Å². The molecule has 1 fully saturated rings. The van der Waals surface area contributed by atoms with Gasteiger partial charge in [-0.05, 0) is 37.8 Å². The highest BCUT2D eigenvalue weighted by Crippen LogP contribution is 2.18. The number of hydrogen-bond donors (Lipinski definition) is 2. The number of rotatable bonds is 4. The summed E-state index contributed by atoms with van der Waals surface area (Å²) in [4.78, 5) is 25.1. The molecule has 1 heterocycles. The van der Waals surface area contributed by atoms with Crippen LogP contribution in [0.1, 0.15) is 19.8 Å². The number of nitrogens with zero attached hydrogens (tertiary/aromatic N) is 1. The highest BCUT2D eigenvalue weighted by atomic mass is 16.6. The summed E-state index contributed by atoms with van der Waals surface area (Å²) in [6.45, 7) is 4.47. The molecule has 0 saturated carbocycles. The van der Waals surface area contributed by atoms with E-state index in [1.165, 1.54) is 0 Å². The van der Waals surface area contributed by atoms with E-state index in [1.54, 1.807) is 17.0 Å². The van der Waals surface area contributed by atoms with Gasteiger partial charge in [0.2, 0.25) is 0 Å². The third kappa shape index (κ3) is 4.95. The summed E-state index contributed by atoms with van der Waals surface area (Å²) in [6, 6.07) is 8.95. The Bertz CT molecular complexity index is 485. The third-order valence-electron chi connectivity index (χ3n) is 3.71. The fraction of sp³-hybridized carbons (Fsp3) is 0.500. The first-order valence-corrected chi connectivity index (χ1v) is 7.72. The Labute approximate surface area is 130 Å². The van der Waals surface area contributed by atoms with Crippen LogP contribution < -0.4 is 15.4 Å². The number of para-hydroxylation sites is 1. The van der Waals surface area contributed by atoms with Crippen molar-refractivity contribution in [2.24, 2.45) is 5.92 Å². The maximum Gasteiger partial charge on any atom is 0.415 e. The number of benzene rings is 1. The third-order valence-corrected chi connectivity index (χ3v) is 3.71. The Hall–Kier alpha value is -2.24. The van der Waals surface area contributed by atoms with Crippen LogP contribution in [0.5, 0.6) is 5.75 Å². The van der Waals surface area contributed by atoms with Crippen molar-refractivity contribution >= 4 is 12.1 Å². The minimum absolute atomic E-state index is 0.131. The monoisotopic (exact) mass is 305 g/mol. The number of nitrogens with one attached hydrogen (secondary N) is 2. The fourth-order valence-electron chi connectivity index (χ4n) is 2.43. The van der Waals surface area contributed by atoms with E-state index in [4.69, 9.17) is 4.74 Å². The first kappa shape index (κ1) is 16.1. The predicted octanol–water partition coefficient (Wildman–Crippen LogP) is 2.22. The molecule has 0 atom stereocenters.